The summed E-state index contributed by atoms with van der Waals surface area (Å²) in [5.74, 6) is 0. The van der Waals surface area contributed by atoms with Crippen molar-refractivity contribution in [3.05, 3.63) is 166 Å². The van der Waals surface area contributed by atoms with Crippen LogP contribution in [0.3, 0.4) is 0 Å². The maximum Gasteiger partial charge on any atom is 0.166 e. The largest absolute Gasteiger partial charge is 0.292 e. The number of pyridine rings is 2. The van der Waals surface area contributed by atoms with Crippen LogP contribution < -0.4 is 0 Å². The number of nitrogens with one attached hydrogen (secondary N) is 2. The Kier molecular flexibility index (Phi) is 8.34. The zero-order valence-electron chi connectivity index (χ0n) is 31.7. The van der Waals surface area contributed by atoms with Crippen LogP contribution in [0.1, 0.15) is 60.5 Å². The summed E-state index contributed by atoms with van der Waals surface area (Å²) in [4.78, 5) is 11.6. The smallest absolute Gasteiger partial charge is 0.166 e. The van der Waals surface area contributed by atoms with E-state index in [9.17, 15) is 0 Å². The summed E-state index contributed by atoms with van der Waals surface area (Å²) in [5, 5.41) is 28.9. The fraction of sp³-hybridized carbons (Fsp3) is 0.125. The second-order valence-corrected chi connectivity index (χ2v) is 18.6. The summed E-state index contributed by atoms with van der Waals surface area (Å²) in [6.45, 7) is 9.13. The van der Waals surface area contributed by atoms with Crippen LogP contribution in [0.5, 0.6) is 0 Å². The number of hydrogen-bond acceptors (Lipinski definition) is 9. The van der Waals surface area contributed by atoms with Gasteiger partial charge in [-0.25, -0.2) is 9.97 Å². The van der Waals surface area contributed by atoms with Crippen LogP contribution in [-0.4, -0.2) is 30.3 Å². The summed E-state index contributed by atoms with van der Waals surface area (Å²) < 4.78 is 0. The van der Waals surface area contributed by atoms with Gasteiger partial charge in [-0.1, -0.05) is 124 Å². The van der Waals surface area contributed by atoms with E-state index in [-0.39, 0.29) is 15.9 Å². The fourth-order valence-electron chi connectivity index (χ4n) is 8.37. The fourth-order valence-corrected chi connectivity index (χ4v) is 10.9. The third-order valence-electron chi connectivity index (χ3n) is 11.4. The molecule has 4 aromatic heterocycles. The molecule has 6 nitrogen and oxygen atoms in total. The highest BCUT2D eigenvalue weighted by atomic mass is 32.2. The summed E-state index contributed by atoms with van der Waals surface area (Å²) in [6, 6.07) is 46.3. The van der Waals surface area contributed by atoms with Crippen molar-refractivity contribution in [3.8, 4) is 65.4 Å². The van der Waals surface area contributed by atoms with Gasteiger partial charge in [0, 0.05) is 22.0 Å². The van der Waals surface area contributed by atoms with Crippen molar-refractivity contribution < 1.29 is 0 Å². The van der Waals surface area contributed by atoms with E-state index in [1.165, 1.54) is 67.2 Å². The van der Waals surface area contributed by atoms with Gasteiger partial charge in [-0.15, -0.1) is 21.5 Å². The Morgan fingerprint density at radius 2 is 1.04 bits per heavy atom. The molecular weight excluding hydrogens is 757 g/mol. The molecule has 276 valence electrons. The van der Waals surface area contributed by atoms with Crippen molar-refractivity contribution in [2.24, 2.45) is 0 Å². The van der Waals surface area contributed by atoms with Gasteiger partial charge >= 0.3 is 0 Å². The van der Waals surface area contributed by atoms with E-state index in [4.69, 9.17) is 20.8 Å². The number of nitrogens with zero attached hydrogens (tertiary/aromatic N) is 4. The number of rotatable bonds is 6. The average molecular weight is 793 g/mol. The first-order chi connectivity index (χ1) is 27.6. The van der Waals surface area contributed by atoms with Gasteiger partial charge in [-0.2, -0.15) is 0 Å². The van der Waals surface area contributed by atoms with Gasteiger partial charge in [-0.3, -0.25) is 10.8 Å². The van der Waals surface area contributed by atoms with Crippen LogP contribution in [0, 0.1) is 10.8 Å². The van der Waals surface area contributed by atoms with Crippen molar-refractivity contribution in [2.45, 2.75) is 38.5 Å². The maximum atomic E-state index is 8.91. The van der Waals surface area contributed by atoms with Crippen molar-refractivity contribution in [2.75, 3.05) is 0 Å². The van der Waals surface area contributed by atoms with Gasteiger partial charge in [0.2, 0.25) is 0 Å². The first-order valence-corrected chi connectivity index (χ1v) is 21.2. The number of aromatic nitrogens is 4. The van der Waals surface area contributed by atoms with Gasteiger partial charge in [0.15, 0.2) is 10.0 Å². The molecule has 9 heteroatoms. The molecule has 0 amide bonds. The molecule has 4 aromatic carbocycles. The number of benzene rings is 4. The molecule has 10 rings (SSSR count). The van der Waals surface area contributed by atoms with Gasteiger partial charge in [0.25, 0.3) is 0 Å². The number of fused-ring (bicyclic) bond motifs is 6. The SMILES string of the molecule is CC1(C)c2ccccc2-c2ccc(-c3cccc(C(=N)SC(=N)c4ccc(-c5nnc(-c6cccc(-c7ccc8c(c7)C(C)(C)c7ccccc7-8)n6)s5)s4)n3)cc21. The van der Waals surface area contributed by atoms with E-state index < -0.39 is 0 Å². The topological polar surface area (TPSA) is 99.3 Å². The molecular formula is C48H36N6S3. The molecule has 0 fully saturated rings. The van der Waals surface area contributed by atoms with Gasteiger partial charge in [0.05, 0.1) is 26.8 Å². The van der Waals surface area contributed by atoms with Crippen molar-refractivity contribution in [3.63, 3.8) is 0 Å². The summed E-state index contributed by atoms with van der Waals surface area (Å²) in [7, 11) is 0. The maximum absolute atomic E-state index is 8.91. The molecule has 2 N–H and O–H groups in total. The van der Waals surface area contributed by atoms with Crippen LogP contribution in [0.4, 0.5) is 0 Å². The standard InChI is InChI=1S/C48H36N6S3/c1-47(2)33-13-7-5-11-29(33)31-21-19-27(25-35(31)47)37-15-9-17-39(51-37)43(49)56-44(50)41-23-24-42(55-41)46-54-53-45(57-46)40-18-10-16-38(52-40)28-20-22-32-30-12-6-8-14-34(30)48(3,4)36(32)26-28/h5-26,49-50H,1-4H3. The van der Waals surface area contributed by atoms with E-state index in [0.29, 0.717) is 10.7 Å². The van der Waals surface area contributed by atoms with Gasteiger partial charge in [0.1, 0.15) is 15.8 Å². The van der Waals surface area contributed by atoms with Crippen LogP contribution in [0.2, 0.25) is 0 Å². The van der Waals surface area contributed by atoms with E-state index in [1.54, 1.807) is 0 Å². The van der Waals surface area contributed by atoms with E-state index in [2.05, 4.69) is 123 Å². The van der Waals surface area contributed by atoms with Gasteiger partial charge < -0.3 is 0 Å². The lowest BCUT2D eigenvalue weighted by atomic mass is 9.82. The van der Waals surface area contributed by atoms with E-state index in [1.807, 2.05) is 48.5 Å². The third kappa shape index (κ3) is 5.91. The monoisotopic (exact) mass is 792 g/mol. The van der Waals surface area contributed by atoms with Crippen molar-refractivity contribution >= 4 is 44.5 Å². The zero-order chi connectivity index (χ0) is 39.1. The second kappa shape index (κ2) is 13.4. The van der Waals surface area contributed by atoms with Crippen LogP contribution in [-0.2, 0) is 10.8 Å². The molecule has 0 unspecified atom stereocenters. The molecule has 0 aliphatic heterocycles. The highest BCUT2D eigenvalue weighted by molar-refractivity contribution is 8.27. The summed E-state index contributed by atoms with van der Waals surface area (Å²) in [6.07, 6.45) is 0. The zero-order valence-corrected chi connectivity index (χ0v) is 34.2. The number of thiophene rings is 1. The molecule has 0 bridgehead atoms. The number of thioether (sulfide) groups is 1. The summed E-state index contributed by atoms with van der Waals surface area (Å²) >= 11 is 4.07. The normalized spacial score (nSPS) is 14.1. The van der Waals surface area contributed by atoms with E-state index >= 15 is 0 Å². The molecule has 2 aliphatic carbocycles. The Balaban J connectivity index is 0.840. The number of hydrogen-bond donors (Lipinski definition) is 2. The molecule has 8 aromatic rings. The lowest BCUT2D eigenvalue weighted by Crippen LogP contribution is -2.15. The van der Waals surface area contributed by atoms with Gasteiger partial charge in [-0.05, 0) is 105 Å². The molecule has 2 aliphatic rings. The minimum atomic E-state index is -0.107. The molecule has 4 heterocycles. The first kappa shape index (κ1) is 35.5. The predicted molar refractivity (Wildman–Crippen MR) is 238 cm³/mol. The van der Waals surface area contributed by atoms with E-state index in [0.717, 1.165) is 59.7 Å². The summed E-state index contributed by atoms with van der Waals surface area (Å²) in [5.41, 5.74) is 15.4. The molecule has 0 radical (unpaired) electrons. The Morgan fingerprint density at radius 1 is 0.491 bits per heavy atom. The lowest BCUT2D eigenvalue weighted by Gasteiger charge is -2.21. The Bertz CT molecular complexity index is 2950. The molecule has 57 heavy (non-hydrogen) atoms. The second-order valence-electron chi connectivity index (χ2n) is 15.5. The minimum absolute atomic E-state index is 0.0841. The first-order valence-electron chi connectivity index (χ1n) is 18.8. The Hall–Kier alpha value is -5.87. The predicted octanol–water partition coefficient (Wildman–Crippen LogP) is 12.8. The molecule has 0 saturated carbocycles. The highest BCUT2D eigenvalue weighted by Crippen LogP contribution is 2.51. The molecule has 0 spiro atoms. The molecule has 0 saturated heterocycles. The van der Waals surface area contributed by atoms with Crippen molar-refractivity contribution in [1.82, 2.24) is 20.2 Å². The van der Waals surface area contributed by atoms with Crippen molar-refractivity contribution in [1.29, 1.82) is 10.8 Å². The Morgan fingerprint density at radius 3 is 1.68 bits per heavy atom. The van der Waals surface area contributed by atoms with Crippen LogP contribution in [0.15, 0.2) is 133 Å². The molecule has 0 atom stereocenters. The Labute approximate surface area is 343 Å². The quantitative estimate of drug-likeness (QED) is 0.129. The lowest BCUT2D eigenvalue weighted by molar-refractivity contribution is 0.660. The third-order valence-corrected chi connectivity index (χ3v) is 14.6. The van der Waals surface area contributed by atoms with Crippen LogP contribution >= 0.6 is 34.4 Å². The average Bonchev–Trinajstić information content (AvgIpc) is 4.02. The highest BCUT2D eigenvalue weighted by Gasteiger charge is 2.36. The minimum Gasteiger partial charge on any atom is -0.292 e. The van der Waals surface area contributed by atoms with Crippen LogP contribution in [0.25, 0.3) is 65.4 Å².